The van der Waals surface area contributed by atoms with Crippen LogP contribution in [0.4, 0.5) is 0 Å². The lowest BCUT2D eigenvalue weighted by atomic mass is 10.2. The van der Waals surface area contributed by atoms with Crippen LogP contribution < -0.4 is 4.74 Å². The molecule has 0 N–H and O–H groups in total. The molecule has 2 atom stereocenters. The Hall–Kier alpha value is -1.61. The van der Waals surface area contributed by atoms with E-state index in [9.17, 15) is 0 Å². The highest BCUT2D eigenvalue weighted by molar-refractivity contribution is 5.34. The number of nitrogens with zero attached hydrogens (tertiary/aromatic N) is 2. The first-order valence-electron chi connectivity index (χ1n) is 7.76. The van der Waals surface area contributed by atoms with E-state index in [1.165, 1.54) is 0 Å². The third kappa shape index (κ3) is 5.64. The summed E-state index contributed by atoms with van der Waals surface area (Å²) in [5.74, 6) is 0.762. The Kier molecular flexibility index (Phi) is 6.66. The molecule has 22 heavy (non-hydrogen) atoms. The predicted molar refractivity (Wildman–Crippen MR) is 83.9 cm³/mol. The molecule has 0 radical (unpaired) electrons. The third-order valence-corrected chi connectivity index (χ3v) is 3.53. The van der Waals surface area contributed by atoms with Crippen molar-refractivity contribution in [3.63, 3.8) is 0 Å². The maximum Gasteiger partial charge on any atom is 0.119 e. The topological polar surface area (TPSA) is 54.7 Å². The van der Waals surface area contributed by atoms with Crippen LogP contribution >= 0.6 is 0 Å². The van der Waals surface area contributed by atoms with Crippen LogP contribution in [0.2, 0.25) is 0 Å². The molecule has 1 aromatic carbocycles. The summed E-state index contributed by atoms with van der Waals surface area (Å²) in [5, 5.41) is 8.72. The second-order valence-electron chi connectivity index (χ2n) is 5.61. The summed E-state index contributed by atoms with van der Waals surface area (Å²) in [7, 11) is 0. The van der Waals surface area contributed by atoms with E-state index in [0.29, 0.717) is 37.6 Å². The second kappa shape index (κ2) is 8.74. The molecule has 1 heterocycles. The van der Waals surface area contributed by atoms with Gasteiger partial charge in [0.25, 0.3) is 0 Å². The molecule has 120 valence electrons. The Labute approximate surface area is 132 Å². The van der Waals surface area contributed by atoms with Crippen LogP contribution in [0.15, 0.2) is 24.3 Å². The SMILES string of the molecule is C[C@H]1CN(CCOCCOc2ccc(C#N)cc2)C[C@H](C)O1. The molecule has 0 unspecified atom stereocenters. The van der Waals surface area contributed by atoms with Gasteiger partial charge in [0, 0.05) is 19.6 Å². The highest BCUT2D eigenvalue weighted by Gasteiger charge is 2.21. The summed E-state index contributed by atoms with van der Waals surface area (Å²) in [5.41, 5.74) is 0.637. The average molecular weight is 304 g/mol. The molecule has 5 heteroatoms. The first-order valence-corrected chi connectivity index (χ1v) is 7.76. The Morgan fingerprint density at radius 3 is 2.45 bits per heavy atom. The highest BCUT2D eigenvalue weighted by atomic mass is 16.5. The van der Waals surface area contributed by atoms with E-state index in [-0.39, 0.29) is 0 Å². The van der Waals surface area contributed by atoms with E-state index >= 15 is 0 Å². The van der Waals surface area contributed by atoms with E-state index in [2.05, 4.69) is 24.8 Å². The molecule has 1 fully saturated rings. The van der Waals surface area contributed by atoms with Crippen LogP contribution in [0, 0.1) is 11.3 Å². The van der Waals surface area contributed by atoms with Crippen molar-refractivity contribution in [3.8, 4) is 11.8 Å². The van der Waals surface area contributed by atoms with Crippen LogP contribution in [0.3, 0.4) is 0 Å². The van der Waals surface area contributed by atoms with Crippen LogP contribution in [0.25, 0.3) is 0 Å². The van der Waals surface area contributed by atoms with Crippen molar-refractivity contribution in [2.75, 3.05) is 39.5 Å². The minimum Gasteiger partial charge on any atom is -0.491 e. The van der Waals surface area contributed by atoms with Gasteiger partial charge in [-0.05, 0) is 38.1 Å². The molecule has 0 saturated carbocycles. The van der Waals surface area contributed by atoms with Gasteiger partial charge in [0.1, 0.15) is 12.4 Å². The van der Waals surface area contributed by atoms with Crippen molar-refractivity contribution in [2.45, 2.75) is 26.1 Å². The largest absolute Gasteiger partial charge is 0.491 e. The second-order valence-corrected chi connectivity index (χ2v) is 5.61. The molecule has 0 amide bonds. The van der Waals surface area contributed by atoms with E-state index < -0.39 is 0 Å². The Morgan fingerprint density at radius 2 is 1.82 bits per heavy atom. The fourth-order valence-corrected chi connectivity index (χ4v) is 2.61. The molecule has 0 aliphatic carbocycles. The smallest absolute Gasteiger partial charge is 0.119 e. The lowest BCUT2D eigenvalue weighted by Gasteiger charge is -2.35. The summed E-state index contributed by atoms with van der Waals surface area (Å²) >= 11 is 0. The quantitative estimate of drug-likeness (QED) is 0.722. The molecular formula is C17H24N2O3. The van der Waals surface area contributed by atoms with Crippen molar-refractivity contribution in [1.29, 1.82) is 5.26 Å². The minimum absolute atomic E-state index is 0.295. The standard InChI is InChI=1S/C17H24N2O3/c1-14-12-19(13-15(2)22-14)7-8-20-9-10-21-17-5-3-16(11-18)4-6-17/h3-6,14-15H,7-10,12-13H2,1-2H3/t14-,15-/m0/s1. The van der Waals surface area contributed by atoms with Gasteiger partial charge >= 0.3 is 0 Å². The van der Waals surface area contributed by atoms with Crippen molar-refractivity contribution in [3.05, 3.63) is 29.8 Å². The van der Waals surface area contributed by atoms with Gasteiger partial charge in [0.05, 0.1) is 37.1 Å². The monoisotopic (exact) mass is 304 g/mol. The summed E-state index contributed by atoms with van der Waals surface area (Å²) in [4.78, 5) is 2.38. The number of morpholine rings is 1. The molecule has 1 aliphatic heterocycles. The molecular weight excluding hydrogens is 280 g/mol. The molecule has 1 saturated heterocycles. The van der Waals surface area contributed by atoms with Crippen LogP contribution in [-0.2, 0) is 9.47 Å². The maximum absolute atomic E-state index is 8.72. The number of hydrogen-bond acceptors (Lipinski definition) is 5. The molecule has 2 rings (SSSR count). The van der Waals surface area contributed by atoms with Crippen LogP contribution in [0.1, 0.15) is 19.4 Å². The first-order chi connectivity index (χ1) is 10.7. The van der Waals surface area contributed by atoms with Crippen LogP contribution in [0.5, 0.6) is 5.75 Å². The minimum atomic E-state index is 0.295. The molecule has 0 spiro atoms. The van der Waals surface area contributed by atoms with Gasteiger partial charge in [-0.3, -0.25) is 4.90 Å². The van der Waals surface area contributed by atoms with Gasteiger partial charge in [-0.25, -0.2) is 0 Å². The number of ether oxygens (including phenoxy) is 3. The first kappa shape index (κ1) is 16.8. The fraction of sp³-hybridized carbons (Fsp3) is 0.588. The number of rotatable bonds is 7. The van der Waals surface area contributed by atoms with Gasteiger partial charge in [-0.2, -0.15) is 5.26 Å². The summed E-state index contributed by atoms with van der Waals surface area (Å²) in [6.45, 7) is 8.86. The Bertz CT molecular complexity index is 474. The fourth-order valence-electron chi connectivity index (χ4n) is 2.61. The lowest BCUT2D eigenvalue weighted by Crippen LogP contribution is -2.46. The normalized spacial score (nSPS) is 22.2. The van der Waals surface area contributed by atoms with Crippen molar-refractivity contribution in [2.24, 2.45) is 0 Å². The molecule has 0 aromatic heterocycles. The van der Waals surface area contributed by atoms with Crippen molar-refractivity contribution in [1.82, 2.24) is 4.90 Å². The summed E-state index contributed by atoms with van der Waals surface area (Å²) < 4.78 is 16.9. The highest BCUT2D eigenvalue weighted by Crippen LogP contribution is 2.11. The zero-order chi connectivity index (χ0) is 15.8. The zero-order valence-electron chi connectivity index (χ0n) is 13.3. The molecule has 5 nitrogen and oxygen atoms in total. The molecule has 1 aromatic rings. The Morgan fingerprint density at radius 1 is 1.14 bits per heavy atom. The van der Waals surface area contributed by atoms with E-state index in [0.717, 1.165) is 25.4 Å². The van der Waals surface area contributed by atoms with Gasteiger partial charge in [0.15, 0.2) is 0 Å². The lowest BCUT2D eigenvalue weighted by molar-refractivity contribution is -0.0734. The summed E-state index contributed by atoms with van der Waals surface area (Å²) in [6.07, 6.45) is 0.590. The van der Waals surface area contributed by atoms with Gasteiger partial charge < -0.3 is 14.2 Å². The Balaban J connectivity index is 1.54. The zero-order valence-corrected chi connectivity index (χ0v) is 13.3. The van der Waals surface area contributed by atoms with Gasteiger partial charge in [-0.15, -0.1) is 0 Å². The number of nitriles is 1. The van der Waals surface area contributed by atoms with Crippen molar-refractivity contribution >= 4 is 0 Å². The average Bonchev–Trinajstić information content (AvgIpc) is 2.50. The third-order valence-electron chi connectivity index (χ3n) is 3.53. The van der Waals surface area contributed by atoms with E-state index in [4.69, 9.17) is 19.5 Å². The van der Waals surface area contributed by atoms with Crippen LogP contribution in [-0.4, -0.2) is 56.6 Å². The number of hydrogen-bond donors (Lipinski definition) is 0. The maximum atomic E-state index is 8.72. The summed E-state index contributed by atoms with van der Waals surface area (Å²) in [6, 6.07) is 9.18. The number of benzene rings is 1. The van der Waals surface area contributed by atoms with E-state index in [1.807, 2.05) is 0 Å². The van der Waals surface area contributed by atoms with Gasteiger partial charge in [-0.1, -0.05) is 0 Å². The van der Waals surface area contributed by atoms with Gasteiger partial charge in [0.2, 0.25) is 0 Å². The predicted octanol–water partition coefficient (Wildman–Crippen LogP) is 2.06. The molecule has 0 bridgehead atoms. The van der Waals surface area contributed by atoms with Crippen molar-refractivity contribution < 1.29 is 14.2 Å². The van der Waals surface area contributed by atoms with E-state index in [1.54, 1.807) is 24.3 Å². The molecule has 1 aliphatic rings.